The summed E-state index contributed by atoms with van der Waals surface area (Å²) in [6.07, 6.45) is 1.30. The van der Waals surface area contributed by atoms with Crippen LogP contribution in [0.4, 0.5) is 10.6 Å². The van der Waals surface area contributed by atoms with Gasteiger partial charge in [-0.25, -0.2) is 4.79 Å². The molecule has 32 heavy (non-hydrogen) atoms. The first-order chi connectivity index (χ1) is 15.3. The van der Waals surface area contributed by atoms with Crippen LogP contribution >= 0.6 is 0 Å². The first kappa shape index (κ1) is 21.9. The number of alkyl carbamates (subject to hydrolysis) is 1. The van der Waals surface area contributed by atoms with E-state index in [9.17, 15) is 4.79 Å². The molecule has 0 aliphatic carbocycles. The number of nitrogens with one attached hydrogen (secondary N) is 1. The number of nitrogens with zero attached hydrogens (tertiary/aromatic N) is 3. The molecule has 0 bridgehead atoms. The molecular formula is C25H30N4O3. The minimum absolute atomic E-state index is 0.0962. The maximum atomic E-state index is 12.1. The lowest BCUT2D eigenvalue weighted by atomic mass is 10.0. The van der Waals surface area contributed by atoms with Crippen LogP contribution in [0, 0.1) is 0 Å². The van der Waals surface area contributed by atoms with E-state index in [2.05, 4.69) is 32.5 Å². The summed E-state index contributed by atoms with van der Waals surface area (Å²) in [4.78, 5) is 14.3. The van der Waals surface area contributed by atoms with Gasteiger partial charge in [0.05, 0.1) is 7.11 Å². The summed E-state index contributed by atoms with van der Waals surface area (Å²) in [5.74, 6) is 1.69. The Morgan fingerprint density at radius 2 is 1.66 bits per heavy atom. The van der Waals surface area contributed by atoms with Gasteiger partial charge in [0.25, 0.3) is 0 Å². The highest BCUT2D eigenvalue weighted by Gasteiger charge is 2.25. The van der Waals surface area contributed by atoms with Crippen LogP contribution in [0.1, 0.15) is 33.6 Å². The number of methoxy groups -OCH3 is 1. The summed E-state index contributed by atoms with van der Waals surface area (Å²) in [6, 6.07) is 16.2. The van der Waals surface area contributed by atoms with Crippen LogP contribution in [0.25, 0.3) is 22.0 Å². The van der Waals surface area contributed by atoms with Gasteiger partial charge in [-0.05, 0) is 57.9 Å². The molecule has 0 unspecified atom stereocenters. The molecule has 1 N–H and O–H groups in total. The fraction of sp³-hybridized carbons (Fsp3) is 0.400. The number of ether oxygens (including phenoxy) is 2. The number of anilines is 1. The lowest BCUT2D eigenvalue weighted by Crippen LogP contribution is -2.46. The molecule has 1 fully saturated rings. The molecule has 168 valence electrons. The van der Waals surface area contributed by atoms with Gasteiger partial charge in [0, 0.05) is 35.5 Å². The van der Waals surface area contributed by atoms with Crippen LogP contribution < -0.4 is 15.0 Å². The van der Waals surface area contributed by atoms with Crippen LogP contribution in [0.2, 0.25) is 0 Å². The average molecular weight is 435 g/mol. The summed E-state index contributed by atoms with van der Waals surface area (Å²) in [5.41, 5.74) is 1.36. The van der Waals surface area contributed by atoms with Crippen molar-refractivity contribution in [2.24, 2.45) is 0 Å². The van der Waals surface area contributed by atoms with E-state index in [4.69, 9.17) is 9.47 Å². The molecule has 0 saturated carbocycles. The molecule has 0 radical (unpaired) electrons. The molecule has 7 heteroatoms. The second-order valence-corrected chi connectivity index (χ2v) is 9.05. The highest BCUT2D eigenvalue weighted by Crippen LogP contribution is 2.33. The number of aromatic nitrogens is 2. The second-order valence-electron chi connectivity index (χ2n) is 9.05. The topological polar surface area (TPSA) is 76.6 Å². The van der Waals surface area contributed by atoms with Gasteiger partial charge >= 0.3 is 6.09 Å². The first-order valence-electron chi connectivity index (χ1n) is 11.0. The molecule has 2 heterocycles. The van der Waals surface area contributed by atoms with Gasteiger partial charge in [0.2, 0.25) is 0 Å². The smallest absolute Gasteiger partial charge is 0.407 e. The fourth-order valence-electron chi connectivity index (χ4n) is 4.00. The highest BCUT2D eigenvalue weighted by molar-refractivity contribution is 6.00. The number of amides is 1. The third-order valence-electron chi connectivity index (χ3n) is 5.55. The van der Waals surface area contributed by atoms with Crippen molar-refractivity contribution in [2.75, 3.05) is 25.1 Å². The van der Waals surface area contributed by atoms with Crippen molar-refractivity contribution in [3.63, 3.8) is 0 Å². The fourth-order valence-corrected chi connectivity index (χ4v) is 4.00. The number of carbonyl (C=O) groups is 1. The monoisotopic (exact) mass is 434 g/mol. The van der Waals surface area contributed by atoms with Crippen molar-refractivity contribution in [1.82, 2.24) is 15.5 Å². The predicted octanol–water partition coefficient (Wildman–Crippen LogP) is 4.80. The van der Waals surface area contributed by atoms with Crippen molar-refractivity contribution in [3.8, 4) is 17.0 Å². The van der Waals surface area contributed by atoms with Crippen molar-refractivity contribution in [3.05, 3.63) is 48.5 Å². The van der Waals surface area contributed by atoms with Gasteiger partial charge in [-0.1, -0.05) is 24.3 Å². The van der Waals surface area contributed by atoms with E-state index in [-0.39, 0.29) is 12.1 Å². The number of hydrogen-bond acceptors (Lipinski definition) is 6. The standard InChI is InChI=1S/C25H30N4O3/c1-25(2,3)32-24(30)26-18-13-15-29(16-14-18)23-21-8-6-5-7-20(21)22(27-28-23)17-9-11-19(31-4)12-10-17/h5-12,18H,13-16H2,1-4H3,(H,26,30). The van der Waals surface area contributed by atoms with Crippen LogP contribution in [-0.2, 0) is 4.74 Å². The summed E-state index contributed by atoms with van der Waals surface area (Å²) in [5, 5.41) is 14.3. The van der Waals surface area contributed by atoms with Crippen LogP contribution in [0.5, 0.6) is 5.75 Å². The van der Waals surface area contributed by atoms with Gasteiger partial charge in [-0.3, -0.25) is 0 Å². The molecule has 1 saturated heterocycles. The number of piperidine rings is 1. The van der Waals surface area contributed by atoms with Gasteiger partial charge in [-0.2, -0.15) is 0 Å². The zero-order valence-corrected chi connectivity index (χ0v) is 19.1. The molecule has 0 atom stereocenters. The average Bonchev–Trinajstić information content (AvgIpc) is 2.78. The van der Waals surface area contributed by atoms with Gasteiger partial charge in [-0.15, -0.1) is 10.2 Å². The second kappa shape index (κ2) is 9.02. The van der Waals surface area contributed by atoms with Crippen LogP contribution in [-0.4, -0.2) is 48.1 Å². The van der Waals surface area contributed by atoms with Gasteiger partial charge in [0.15, 0.2) is 5.82 Å². The lowest BCUT2D eigenvalue weighted by Gasteiger charge is -2.34. The molecule has 0 spiro atoms. The number of carbonyl (C=O) groups excluding carboxylic acids is 1. The summed E-state index contributed by atoms with van der Waals surface area (Å²) in [7, 11) is 1.66. The molecule has 1 aliphatic heterocycles. The van der Waals surface area contributed by atoms with E-state index >= 15 is 0 Å². The molecule has 1 aromatic heterocycles. The maximum Gasteiger partial charge on any atom is 0.407 e. The van der Waals surface area contributed by atoms with Crippen LogP contribution in [0.3, 0.4) is 0 Å². The molecule has 2 aromatic carbocycles. The van der Waals surface area contributed by atoms with E-state index in [1.54, 1.807) is 7.11 Å². The van der Waals surface area contributed by atoms with Gasteiger partial charge < -0.3 is 19.7 Å². The SMILES string of the molecule is COc1ccc(-c2nnc(N3CCC(NC(=O)OC(C)(C)C)CC3)c3ccccc23)cc1. The zero-order chi connectivity index (χ0) is 22.7. The maximum absolute atomic E-state index is 12.1. The van der Waals surface area contributed by atoms with E-state index in [1.165, 1.54) is 0 Å². The summed E-state index contributed by atoms with van der Waals surface area (Å²) in [6.45, 7) is 7.19. The van der Waals surface area contributed by atoms with Gasteiger partial charge in [0.1, 0.15) is 17.0 Å². The molecule has 1 amide bonds. The Morgan fingerprint density at radius 1 is 1.00 bits per heavy atom. The number of rotatable bonds is 4. The Bertz CT molecular complexity index is 1080. The number of hydrogen-bond donors (Lipinski definition) is 1. The minimum Gasteiger partial charge on any atom is -0.497 e. The Balaban J connectivity index is 1.52. The third-order valence-corrected chi connectivity index (χ3v) is 5.55. The molecular weight excluding hydrogens is 404 g/mol. The predicted molar refractivity (Wildman–Crippen MR) is 126 cm³/mol. The third kappa shape index (κ3) is 4.93. The first-order valence-corrected chi connectivity index (χ1v) is 11.0. The Hall–Kier alpha value is -3.35. The normalized spacial score (nSPS) is 14.9. The zero-order valence-electron chi connectivity index (χ0n) is 19.1. The number of benzene rings is 2. The Morgan fingerprint density at radius 3 is 2.28 bits per heavy atom. The van der Waals surface area contributed by atoms with E-state index in [1.807, 2.05) is 57.2 Å². The largest absolute Gasteiger partial charge is 0.497 e. The minimum atomic E-state index is -0.495. The summed E-state index contributed by atoms with van der Waals surface area (Å²) >= 11 is 0. The number of fused-ring (bicyclic) bond motifs is 1. The molecule has 3 aromatic rings. The van der Waals surface area contributed by atoms with Crippen molar-refractivity contribution in [2.45, 2.75) is 45.3 Å². The van der Waals surface area contributed by atoms with E-state index in [0.717, 1.165) is 59.5 Å². The van der Waals surface area contributed by atoms with Crippen LogP contribution in [0.15, 0.2) is 48.5 Å². The van der Waals surface area contributed by atoms with Crippen molar-refractivity contribution >= 4 is 22.7 Å². The Kier molecular flexibility index (Phi) is 6.17. The lowest BCUT2D eigenvalue weighted by molar-refractivity contribution is 0.0497. The van der Waals surface area contributed by atoms with Crippen molar-refractivity contribution in [1.29, 1.82) is 0 Å². The quantitative estimate of drug-likeness (QED) is 0.636. The van der Waals surface area contributed by atoms with E-state index < -0.39 is 5.60 Å². The highest BCUT2D eigenvalue weighted by atomic mass is 16.6. The van der Waals surface area contributed by atoms with Crippen molar-refractivity contribution < 1.29 is 14.3 Å². The Labute approximate surface area is 188 Å². The summed E-state index contributed by atoms with van der Waals surface area (Å²) < 4.78 is 10.7. The van der Waals surface area contributed by atoms with E-state index in [0.29, 0.717) is 0 Å². The molecule has 4 rings (SSSR count). The molecule has 1 aliphatic rings. The molecule has 7 nitrogen and oxygen atoms in total.